The van der Waals surface area contributed by atoms with Gasteiger partial charge in [0.25, 0.3) is 0 Å². The molecule has 0 aliphatic carbocycles. The second kappa shape index (κ2) is 14.9. The second-order valence-electron chi connectivity index (χ2n) is 9.19. The molecule has 0 saturated heterocycles. The number of amides is 2. The summed E-state index contributed by atoms with van der Waals surface area (Å²) in [6, 6.07) is 27.5. The van der Waals surface area contributed by atoms with Gasteiger partial charge in [-0.15, -0.1) is 0 Å². The topological polar surface area (TPSA) is 108 Å². The van der Waals surface area contributed by atoms with Gasteiger partial charge in [0.2, 0.25) is 11.8 Å². The van der Waals surface area contributed by atoms with Crippen LogP contribution in [0, 0.1) is 5.92 Å². The molecule has 0 bridgehead atoms. The molecule has 3 aromatic carbocycles. The van der Waals surface area contributed by atoms with Crippen molar-refractivity contribution in [3.8, 4) is 11.1 Å². The molecule has 3 unspecified atom stereocenters. The van der Waals surface area contributed by atoms with Gasteiger partial charge in [0, 0.05) is 12.3 Å². The van der Waals surface area contributed by atoms with Gasteiger partial charge in [-0.3, -0.25) is 14.8 Å². The predicted octanol–water partition coefficient (Wildman–Crippen LogP) is 4.27. The molecule has 4 N–H and O–H groups in total. The number of ether oxygens (including phenoxy) is 1. The summed E-state index contributed by atoms with van der Waals surface area (Å²) < 4.78 is 5.85. The van der Waals surface area contributed by atoms with Crippen LogP contribution >= 0.6 is 0 Å². The standard InChI is InChI=1S/C30H36N2O5/c1-22(37-21-24-9-4-2-5-10-24)28(20-33)31-30(35)27(19-29(34)32-36)14-8-11-23-15-17-26(18-16-23)25-12-6-3-7-13-25/h2-7,9-10,12-13,15-18,22,27-28,33,36H,8,11,14,19-21H2,1H3,(H,31,35)(H,32,34). The van der Waals surface area contributed by atoms with Crippen LogP contribution in [-0.4, -0.2) is 40.9 Å². The third kappa shape index (κ3) is 9.13. The van der Waals surface area contributed by atoms with Gasteiger partial charge in [-0.05, 0) is 48.4 Å². The fourth-order valence-electron chi connectivity index (χ4n) is 4.17. The summed E-state index contributed by atoms with van der Waals surface area (Å²) in [5, 5.41) is 21.7. The molecule has 3 atom stereocenters. The molecule has 0 spiro atoms. The number of aliphatic hydroxyl groups excluding tert-OH is 1. The maximum absolute atomic E-state index is 13.0. The van der Waals surface area contributed by atoms with Crippen LogP contribution in [0.2, 0.25) is 0 Å². The molecule has 0 fully saturated rings. The van der Waals surface area contributed by atoms with Gasteiger partial charge in [-0.2, -0.15) is 0 Å². The summed E-state index contributed by atoms with van der Waals surface area (Å²) in [4.78, 5) is 24.9. The third-order valence-electron chi connectivity index (χ3n) is 6.45. The first-order valence-electron chi connectivity index (χ1n) is 12.6. The first-order valence-corrected chi connectivity index (χ1v) is 12.6. The van der Waals surface area contributed by atoms with Gasteiger partial charge < -0.3 is 15.2 Å². The first kappa shape index (κ1) is 28.1. The highest BCUT2D eigenvalue weighted by molar-refractivity contribution is 5.85. The minimum atomic E-state index is -0.647. The van der Waals surface area contributed by atoms with Crippen LogP contribution < -0.4 is 10.8 Å². The van der Waals surface area contributed by atoms with Crippen LogP contribution in [0.5, 0.6) is 0 Å². The van der Waals surface area contributed by atoms with Crippen LogP contribution in [0.4, 0.5) is 0 Å². The molecule has 196 valence electrons. The van der Waals surface area contributed by atoms with E-state index in [0.717, 1.165) is 28.7 Å². The highest BCUT2D eigenvalue weighted by Crippen LogP contribution is 2.21. The van der Waals surface area contributed by atoms with Crippen molar-refractivity contribution in [2.45, 2.75) is 51.4 Å². The van der Waals surface area contributed by atoms with E-state index in [-0.39, 0.29) is 18.9 Å². The average molecular weight is 505 g/mol. The number of nitrogens with one attached hydrogen (secondary N) is 2. The lowest BCUT2D eigenvalue weighted by Gasteiger charge is -2.26. The fraction of sp³-hybridized carbons (Fsp3) is 0.333. The van der Waals surface area contributed by atoms with Crippen LogP contribution in [0.3, 0.4) is 0 Å². The Balaban J connectivity index is 1.54. The smallest absolute Gasteiger partial charge is 0.244 e. The van der Waals surface area contributed by atoms with Crippen molar-refractivity contribution in [3.63, 3.8) is 0 Å². The largest absolute Gasteiger partial charge is 0.394 e. The molecular formula is C30H36N2O5. The Morgan fingerprint density at radius 3 is 2.11 bits per heavy atom. The van der Waals surface area contributed by atoms with Gasteiger partial charge in [0.15, 0.2) is 0 Å². The predicted molar refractivity (Wildman–Crippen MR) is 143 cm³/mol. The van der Waals surface area contributed by atoms with Crippen molar-refractivity contribution in [3.05, 3.63) is 96.1 Å². The molecule has 0 heterocycles. The lowest BCUT2D eigenvalue weighted by Crippen LogP contribution is -2.48. The quantitative estimate of drug-likeness (QED) is 0.194. The monoisotopic (exact) mass is 504 g/mol. The van der Waals surface area contributed by atoms with E-state index < -0.39 is 24.0 Å². The number of rotatable bonds is 14. The van der Waals surface area contributed by atoms with Crippen molar-refractivity contribution in [1.29, 1.82) is 0 Å². The molecule has 0 aliphatic rings. The van der Waals surface area contributed by atoms with Crippen LogP contribution in [0.1, 0.15) is 37.3 Å². The van der Waals surface area contributed by atoms with Crippen molar-refractivity contribution in [1.82, 2.24) is 10.8 Å². The summed E-state index contributed by atoms with van der Waals surface area (Å²) in [5.41, 5.74) is 6.04. The molecule has 7 heteroatoms. The van der Waals surface area contributed by atoms with E-state index in [1.54, 1.807) is 12.4 Å². The van der Waals surface area contributed by atoms with Crippen LogP contribution in [0.15, 0.2) is 84.9 Å². The van der Waals surface area contributed by atoms with Crippen LogP contribution in [0.25, 0.3) is 11.1 Å². The Morgan fingerprint density at radius 2 is 1.49 bits per heavy atom. The molecule has 0 saturated carbocycles. The Kier molecular flexibility index (Phi) is 11.3. The Labute approximate surface area is 218 Å². The van der Waals surface area contributed by atoms with E-state index in [0.29, 0.717) is 19.4 Å². The van der Waals surface area contributed by atoms with Gasteiger partial charge in [-0.1, -0.05) is 84.9 Å². The van der Waals surface area contributed by atoms with E-state index >= 15 is 0 Å². The highest BCUT2D eigenvalue weighted by Gasteiger charge is 2.26. The summed E-state index contributed by atoms with van der Waals surface area (Å²) in [7, 11) is 0. The molecule has 7 nitrogen and oxygen atoms in total. The third-order valence-corrected chi connectivity index (χ3v) is 6.45. The zero-order chi connectivity index (χ0) is 26.5. The van der Waals surface area contributed by atoms with Crippen molar-refractivity contribution >= 4 is 11.8 Å². The van der Waals surface area contributed by atoms with Gasteiger partial charge in [-0.25, -0.2) is 5.48 Å². The number of aryl methyl sites for hydroxylation is 1. The number of aliphatic hydroxyl groups is 1. The molecule has 0 aromatic heterocycles. The maximum Gasteiger partial charge on any atom is 0.244 e. The van der Waals surface area contributed by atoms with Crippen molar-refractivity contribution in [2.24, 2.45) is 5.92 Å². The number of carbonyl (C=O) groups is 2. The number of benzene rings is 3. The Hall–Kier alpha value is -3.52. The van der Waals surface area contributed by atoms with Crippen LogP contribution in [-0.2, 0) is 27.4 Å². The van der Waals surface area contributed by atoms with Crippen molar-refractivity contribution in [2.75, 3.05) is 6.61 Å². The summed E-state index contributed by atoms with van der Waals surface area (Å²) >= 11 is 0. The van der Waals surface area contributed by atoms with E-state index in [9.17, 15) is 14.7 Å². The average Bonchev–Trinajstić information content (AvgIpc) is 2.95. The lowest BCUT2D eigenvalue weighted by atomic mass is 9.94. The first-order chi connectivity index (χ1) is 18.0. The number of hydrogen-bond donors (Lipinski definition) is 4. The number of hydrogen-bond acceptors (Lipinski definition) is 5. The zero-order valence-corrected chi connectivity index (χ0v) is 21.2. The SMILES string of the molecule is CC(OCc1ccccc1)C(CO)NC(=O)C(CCCc1ccc(-c2ccccc2)cc1)CC(=O)NO. The molecule has 3 aromatic rings. The number of hydroxylamine groups is 1. The lowest BCUT2D eigenvalue weighted by molar-refractivity contribution is -0.136. The molecule has 0 radical (unpaired) electrons. The Morgan fingerprint density at radius 1 is 0.865 bits per heavy atom. The highest BCUT2D eigenvalue weighted by atomic mass is 16.5. The summed E-state index contributed by atoms with van der Waals surface area (Å²) in [6.07, 6.45) is 1.30. The van der Waals surface area contributed by atoms with Gasteiger partial charge in [0.1, 0.15) is 0 Å². The van der Waals surface area contributed by atoms with Gasteiger partial charge in [0.05, 0.1) is 25.4 Å². The van der Waals surface area contributed by atoms with E-state index in [1.165, 1.54) is 0 Å². The summed E-state index contributed by atoms with van der Waals surface area (Å²) in [5.74, 6) is -1.62. The fourth-order valence-corrected chi connectivity index (χ4v) is 4.17. The van der Waals surface area contributed by atoms with E-state index in [4.69, 9.17) is 9.94 Å². The van der Waals surface area contributed by atoms with E-state index in [2.05, 4.69) is 41.7 Å². The van der Waals surface area contributed by atoms with Gasteiger partial charge >= 0.3 is 0 Å². The molecule has 0 aliphatic heterocycles. The Bertz CT molecular complexity index is 1090. The molecule has 2 amide bonds. The van der Waals surface area contributed by atoms with E-state index in [1.807, 2.05) is 48.5 Å². The summed E-state index contributed by atoms with van der Waals surface area (Å²) in [6.45, 7) is 1.85. The minimum absolute atomic E-state index is 0.146. The normalized spacial score (nSPS) is 13.4. The second-order valence-corrected chi connectivity index (χ2v) is 9.19. The number of carbonyl (C=O) groups excluding carboxylic acids is 2. The molecule has 3 rings (SSSR count). The zero-order valence-electron chi connectivity index (χ0n) is 21.2. The molecule has 37 heavy (non-hydrogen) atoms. The maximum atomic E-state index is 13.0. The van der Waals surface area contributed by atoms with Crippen molar-refractivity contribution < 1.29 is 24.6 Å². The molecular weight excluding hydrogens is 468 g/mol. The minimum Gasteiger partial charge on any atom is -0.394 e.